The Hall–Kier alpha value is -2.06. The fourth-order valence-corrected chi connectivity index (χ4v) is 7.35. The summed E-state index contributed by atoms with van der Waals surface area (Å²) >= 11 is 0. The fraction of sp³-hybridized carbons (Fsp3) is 0.200. The Morgan fingerprint density at radius 1 is 1.09 bits per heavy atom. The largest absolute Gasteiger partial charge is 0.361 e. The average Bonchev–Trinajstić information content (AvgIpc) is 3.12. The van der Waals surface area contributed by atoms with Crippen molar-refractivity contribution in [3.63, 3.8) is 0 Å². The highest BCUT2D eigenvalue weighted by Gasteiger charge is 2.32. The number of aromatic amines is 1. The molecule has 1 aromatic heterocycles. The summed E-state index contributed by atoms with van der Waals surface area (Å²) in [5, 5.41) is 7.35. The first-order chi connectivity index (χ1) is 10.6. The molecule has 3 aromatic rings. The minimum absolute atomic E-state index is 1.13. The summed E-state index contributed by atoms with van der Waals surface area (Å²) in [6.45, 7) is 7.26. The van der Waals surface area contributed by atoms with E-state index in [1.165, 1.54) is 27.2 Å². The average molecular weight is 303 g/mol. The van der Waals surface area contributed by atoms with Crippen molar-refractivity contribution in [2.75, 3.05) is 0 Å². The van der Waals surface area contributed by atoms with Crippen LogP contribution in [0.25, 0.3) is 21.7 Å². The normalized spacial score (nSPS) is 15.0. The predicted octanol–water partition coefficient (Wildman–Crippen LogP) is 4.97. The van der Waals surface area contributed by atoms with Gasteiger partial charge in [-0.1, -0.05) is 54.2 Å². The van der Waals surface area contributed by atoms with Crippen molar-refractivity contribution >= 4 is 34.9 Å². The lowest BCUT2D eigenvalue weighted by Gasteiger charge is -2.26. The molecular formula is C20H21NSi. The molecule has 110 valence electrons. The molecule has 1 heterocycles. The fourth-order valence-electron chi connectivity index (χ4n) is 3.94. The second-order valence-corrected chi connectivity index (χ2v) is 11.2. The van der Waals surface area contributed by atoms with Gasteiger partial charge >= 0.3 is 0 Å². The second-order valence-electron chi connectivity index (χ2n) is 6.85. The van der Waals surface area contributed by atoms with Gasteiger partial charge in [0.2, 0.25) is 0 Å². The van der Waals surface area contributed by atoms with Crippen molar-refractivity contribution in [2.24, 2.45) is 0 Å². The van der Waals surface area contributed by atoms with Crippen LogP contribution >= 0.6 is 0 Å². The van der Waals surface area contributed by atoms with Crippen molar-refractivity contribution in [2.45, 2.75) is 26.4 Å². The lowest BCUT2D eigenvalue weighted by molar-refractivity contribution is 1.36. The first-order valence-corrected chi connectivity index (χ1v) is 10.9. The summed E-state index contributed by atoms with van der Waals surface area (Å²) in [6.07, 6.45) is 9.99. The van der Waals surface area contributed by atoms with Crippen LogP contribution in [0.5, 0.6) is 0 Å². The molecule has 2 heteroatoms. The van der Waals surface area contributed by atoms with E-state index in [1.807, 2.05) is 6.20 Å². The van der Waals surface area contributed by atoms with Gasteiger partial charge in [-0.2, -0.15) is 0 Å². The van der Waals surface area contributed by atoms with Crippen LogP contribution in [-0.4, -0.2) is 13.1 Å². The van der Waals surface area contributed by atoms with Gasteiger partial charge in [-0.05, 0) is 52.9 Å². The third kappa shape index (κ3) is 1.91. The maximum Gasteiger partial charge on any atom is 0.109 e. The molecule has 0 fully saturated rings. The summed E-state index contributed by atoms with van der Waals surface area (Å²) in [6, 6.07) is 11.3. The Bertz CT molecular complexity index is 941. The molecule has 0 aliphatic heterocycles. The van der Waals surface area contributed by atoms with E-state index in [9.17, 15) is 0 Å². The summed E-state index contributed by atoms with van der Waals surface area (Å²) in [5.41, 5.74) is 2.68. The first-order valence-electron chi connectivity index (χ1n) is 7.94. The van der Waals surface area contributed by atoms with E-state index < -0.39 is 8.07 Å². The summed E-state index contributed by atoms with van der Waals surface area (Å²) in [5.74, 6) is 0. The molecule has 0 amide bonds. The van der Waals surface area contributed by atoms with E-state index >= 15 is 0 Å². The number of aromatic nitrogens is 1. The third-order valence-corrected chi connectivity index (χ3v) is 8.96. The monoisotopic (exact) mass is 303 g/mol. The van der Waals surface area contributed by atoms with Crippen LogP contribution in [-0.2, 0) is 0 Å². The van der Waals surface area contributed by atoms with Gasteiger partial charge in [-0.25, -0.2) is 0 Å². The Kier molecular flexibility index (Phi) is 2.91. The molecule has 22 heavy (non-hydrogen) atoms. The molecule has 0 radical (unpaired) electrons. The highest BCUT2D eigenvalue weighted by Crippen LogP contribution is 2.30. The van der Waals surface area contributed by atoms with Gasteiger partial charge in [-0.15, -0.1) is 0 Å². The maximum absolute atomic E-state index is 3.39. The van der Waals surface area contributed by atoms with Crippen LogP contribution in [0.1, 0.15) is 12.0 Å². The van der Waals surface area contributed by atoms with Crippen molar-refractivity contribution in [3.8, 4) is 0 Å². The smallest absolute Gasteiger partial charge is 0.109 e. The highest BCUT2D eigenvalue weighted by molar-refractivity contribution is 6.97. The Balaban J connectivity index is 2.01. The summed E-state index contributed by atoms with van der Waals surface area (Å²) in [4.78, 5) is 3.39. The number of benzene rings is 1. The number of H-pyrrole nitrogens is 1. The molecule has 1 aliphatic rings. The van der Waals surface area contributed by atoms with Crippen molar-refractivity contribution in [1.29, 1.82) is 0 Å². The van der Waals surface area contributed by atoms with E-state index in [4.69, 9.17) is 0 Å². The van der Waals surface area contributed by atoms with E-state index in [2.05, 4.69) is 73.6 Å². The Labute approximate surface area is 132 Å². The van der Waals surface area contributed by atoms with Crippen molar-refractivity contribution < 1.29 is 0 Å². The molecule has 0 bridgehead atoms. The first kappa shape index (κ1) is 13.6. The van der Waals surface area contributed by atoms with Gasteiger partial charge in [0.15, 0.2) is 0 Å². The standard InChI is InChI=1S/C20H21NSi/c1-14-11-16-12-15-7-6-10-21-19(15)13-18(16)20(14)22(2,3)17-8-4-5-9-17/h4-8,10-13,21H,9H2,1-3H3. The SMILES string of the molecule is Cc1cc2cc3ccc[nH]c3cc2c1[Si](C)(C)C1=CC=CC1. The minimum atomic E-state index is -1.61. The number of allylic oxidation sites excluding steroid dienone is 4. The molecule has 2 aromatic carbocycles. The molecule has 4 rings (SSSR count). The van der Waals surface area contributed by atoms with Crippen LogP contribution in [0.2, 0.25) is 13.1 Å². The van der Waals surface area contributed by atoms with Gasteiger partial charge in [0, 0.05) is 11.7 Å². The quantitative estimate of drug-likeness (QED) is 0.643. The molecular weight excluding hydrogens is 282 g/mol. The van der Waals surface area contributed by atoms with Crippen LogP contribution in [0.15, 0.2) is 60.0 Å². The zero-order valence-corrected chi connectivity index (χ0v) is 14.4. The molecule has 0 saturated carbocycles. The van der Waals surface area contributed by atoms with Gasteiger partial charge in [0.1, 0.15) is 8.07 Å². The molecule has 0 unspecified atom stereocenters. The van der Waals surface area contributed by atoms with E-state index in [0.717, 1.165) is 6.42 Å². The zero-order chi connectivity index (χ0) is 15.3. The van der Waals surface area contributed by atoms with Gasteiger partial charge in [-0.3, -0.25) is 0 Å². The van der Waals surface area contributed by atoms with E-state index in [1.54, 1.807) is 10.4 Å². The predicted molar refractivity (Wildman–Crippen MR) is 99.5 cm³/mol. The summed E-state index contributed by atoms with van der Waals surface area (Å²) in [7, 11) is -1.61. The number of aryl methyl sites for hydroxylation is 1. The van der Waals surface area contributed by atoms with Gasteiger partial charge in [0.05, 0.1) is 0 Å². The second kappa shape index (κ2) is 4.72. The topological polar surface area (TPSA) is 15.8 Å². The maximum atomic E-state index is 3.39. The molecule has 1 N–H and O–H groups in total. The Morgan fingerprint density at radius 3 is 2.73 bits per heavy atom. The van der Waals surface area contributed by atoms with Crippen LogP contribution in [0, 0.1) is 6.92 Å². The van der Waals surface area contributed by atoms with Crippen LogP contribution in [0.3, 0.4) is 0 Å². The number of fused-ring (bicyclic) bond motifs is 2. The van der Waals surface area contributed by atoms with Crippen molar-refractivity contribution in [1.82, 2.24) is 4.98 Å². The highest BCUT2D eigenvalue weighted by atomic mass is 28.3. The third-order valence-electron chi connectivity index (χ3n) is 5.07. The number of pyridine rings is 1. The lowest BCUT2D eigenvalue weighted by Crippen LogP contribution is -2.44. The van der Waals surface area contributed by atoms with Gasteiger partial charge < -0.3 is 4.98 Å². The van der Waals surface area contributed by atoms with E-state index in [-0.39, 0.29) is 0 Å². The minimum Gasteiger partial charge on any atom is -0.361 e. The van der Waals surface area contributed by atoms with Crippen LogP contribution < -0.4 is 5.19 Å². The molecule has 0 spiro atoms. The molecule has 1 nitrogen and oxygen atoms in total. The molecule has 0 saturated heterocycles. The Morgan fingerprint density at radius 2 is 1.95 bits per heavy atom. The number of nitrogens with one attached hydrogen (secondary N) is 1. The lowest BCUT2D eigenvalue weighted by atomic mass is 10.1. The number of rotatable bonds is 2. The number of hydrogen-bond donors (Lipinski definition) is 1. The van der Waals surface area contributed by atoms with Crippen molar-refractivity contribution in [3.05, 3.63) is 65.5 Å². The zero-order valence-electron chi connectivity index (χ0n) is 13.4. The van der Waals surface area contributed by atoms with E-state index in [0.29, 0.717) is 0 Å². The number of hydrogen-bond acceptors (Lipinski definition) is 0. The molecule has 1 aliphatic carbocycles. The molecule has 0 atom stereocenters. The van der Waals surface area contributed by atoms with Crippen LogP contribution in [0.4, 0.5) is 0 Å². The summed E-state index contributed by atoms with van der Waals surface area (Å²) < 4.78 is 0. The van der Waals surface area contributed by atoms with Gasteiger partial charge in [0.25, 0.3) is 0 Å².